The fraction of sp³-hybridized carbons (Fsp3) is 1.00. The van der Waals surface area contributed by atoms with E-state index in [9.17, 15) is 0 Å². The van der Waals surface area contributed by atoms with Crippen molar-refractivity contribution in [3.05, 3.63) is 0 Å². The molecule has 2 N–H and O–H groups in total. The molecule has 0 aromatic heterocycles. The lowest BCUT2D eigenvalue weighted by Crippen LogP contribution is -2.32. The number of aliphatic hydroxyl groups excluding tert-OH is 1. The molecule has 0 fully saturated rings. The normalized spacial score (nSPS) is 13.1. The standard InChI is InChI=1S/C17H38N2O/c1-4-5-6-7-8-9-10-12-17(13-16-20)18-14-11-15-19(2)3/h17-18,20H,4-16H2,1-3H3. The first-order valence-electron chi connectivity index (χ1n) is 8.69. The van der Waals surface area contributed by atoms with Gasteiger partial charge in [0.25, 0.3) is 0 Å². The van der Waals surface area contributed by atoms with Crippen LogP contribution in [0.4, 0.5) is 0 Å². The lowest BCUT2D eigenvalue weighted by molar-refractivity contribution is 0.257. The second-order valence-corrected chi connectivity index (χ2v) is 6.23. The molecule has 0 aliphatic heterocycles. The zero-order chi connectivity index (χ0) is 15.1. The van der Waals surface area contributed by atoms with Gasteiger partial charge in [0.2, 0.25) is 0 Å². The van der Waals surface area contributed by atoms with Crippen LogP contribution in [-0.4, -0.2) is 49.8 Å². The van der Waals surface area contributed by atoms with Crippen LogP contribution in [0.3, 0.4) is 0 Å². The summed E-state index contributed by atoms with van der Waals surface area (Å²) in [6.45, 7) is 4.78. The Morgan fingerprint density at radius 3 is 2.15 bits per heavy atom. The molecule has 0 aliphatic rings. The first-order valence-corrected chi connectivity index (χ1v) is 8.69. The zero-order valence-corrected chi connectivity index (χ0v) is 14.2. The smallest absolute Gasteiger partial charge is 0.0445 e. The van der Waals surface area contributed by atoms with Gasteiger partial charge in [-0.2, -0.15) is 0 Å². The second-order valence-electron chi connectivity index (χ2n) is 6.23. The van der Waals surface area contributed by atoms with Crippen molar-refractivity contribution >= 4 is 0 Å². The van der Waals surface area contributed by atoms with Gasteiger partial charge in [0.1, 0.15) is 0 Å². The van der Waals surface area contributed by atoms with Gasteiger partial charge in [-0.05, 0) is 46.4 Å². The van der Waals surface area contributed by atoms with Gasteiger partial charge in [0.05, 0.1) is 0 Å². The van der Waals surface area contributed by atoms with Crippen LogP contribution in [0.15, 0.2) is 0 Å². The lowest BCUT2D eigenvalue weighted by Gasteiger charge is -2.18. The molecule has 3 heteroatoms. The fourth-order valence-electron chi connectivity index (χ4n) is 2.55. The largest absolute Gasteiger partial charge is 0.396 e. The maximum absolute atomic E-state index is 9.13. The second kappa shape index (κ2) is 15.3. The summed E-state index contributed by atoms with van der Waals surface area (Å²) in [5.41, 5.74) is 0. The van der Waals surface area contributed by atoms with Gasteiger partial charge in [-0.15, -0.1) is 0 Å². The number of aliphatic hydroxyl groups is 1. The van der Waals surface area contributed by atoms with Crippen molar-refractivity contribution < 1.29 is 5.11 Å². The molecule has 3 nitrogen and oxygen atoms in total. The molecule has 1 unspecified atom stereocenters. The van der Waals surface area contributed by atoms with E-state index in [1.165, 1.54) is 57.8 Å². The number of rotatable bonds is 15. The summed E-state index contributed by atoms with van der Waals surface area (Å²) in [7, 11) is 4.23. The van der Waals surface area contributed by atoms with E-state index in [1.54, 1.807) is 0 Å². The average molecular weight is 287 g/mol. The van der Waals surface area contributed by atoms with Crippen molar-refractivity contribution in [2.75, 3.05) is 33.8 Å². The number of nitrogens with one attached hydrogen (secondary N) is 1. The molecule has 0 heterocycles. The fourth-order valence-corrected chi connectivity index (χ4v) is 2.55. The van der Waals surface area contributed by atoms with Crippen molar-refractivity contribution in [1.82, 2.24) is 10.2 Å². The predicted molar refractivity (Wildman–Crippen MR) is 89.3 cm³/mol. The molecule has 0 radical (unpaired) electrons. The van der Waals surface area contributed by atoms with Crippen LogP contribution in [0, 0.1) is 0 Å². The monoisotopic (exact) mass is 286 g/mol. The van der Waals surface area contributed by atoms with Crippen LogP contribution in [0.25, 0.3) is 0 Å². The Bertz CT molecular complexity index is 186. The van der Waals surface area contributed by atoms with Crippen molar-refractivity contribution in [1.29, 1.82) is 0 Å². The third-order valence-electron chi connectivity index (χ3n) is 3.85. The van der Waals surface area contributed by atoms with Crippen LogP contribution >= 0.6 is 0 Å². The summed E-state index contributed by atoms with van der Waals surface area (Å²) in [6, 6.07) is 0.512. The highest BCUT2D eigenvalue weighted by atomic mass is 16.3. The van der Waals surface area contributed by atoms with E-state index in [1.807, 2.05) is 0 Å². The Morgan fingerprint density at radius 1 is 0.900 bits per heavy atom. The topological polar surface area (TPSA) is 35.5 Å². The van der Waals surface area contributed by atoms with E-state index in [4.69, 9.17) is 5.11 Å². The van der Waals surface area contributed by atoms with Crippen LogP contribution in [0.5, 0.6) is 0 Å². The summed E-state index contributed by atoms with van der Waals surface area (Å²) in [6.07, 6.45) is 12.9. The third kappa shape index (κ3) is 14.3. The van der Waals surface area contributed by atoms with Crippen LogP contribution in [0.2, 0.25) is 0 Å². The molecule has 0 saturated heterocycles. The van der Waals surface area contributed by atoms with Gasteiger partial charge in [-0.3, -0.25) is 0 Å². The SMILES string of the molecule is CCCCCCCCCC(CCO)NCCCN(C)C. The van der Waals surface area contributed by atoms with Gasteiger partial charge in [0.15, 0.2) is 0 Å². The van der Waals surface area contributed by atoms with Gasteiger partial charge >= 0.3 is 0 Å². The molecule has 0 saturated carbocycles. The van der Waals surface area contributed by atoms with Gasteiger partial charge in [-0.25, -0.2) is 0 Å². The molecular formula is C17H38N2O. The zero-order valence-electron chi connectivity index (χ0n) is 14.2. The first kappa shape index (κ1) is 19.9. The Balaban J connectivity index is 3.48. The molecule has 0 aliphatic carbocycles. The van der Waals surface area contributed by atoms with Crippen molar-refractivity contribution in [2.45, 2.75) is 77.2 Å². The van der Waals surface area contributed by atoms with Crippen LogP contribution < -0.4 is 5.32 Å². The maximum atomic E-state index is 9.13. The van der Waals surface area contributed by atoms with Crippen LogP contribution in [0.1, 0.15) is 71.1 Å². The van der Waals surface area contributed by atoms with E-state index in [2.05, 4.69) is 31.2 Å². The molecule has 0 aromatic rings. The summed E-state index contributed by atoms with van der Waals surface area (Å²) < 4.78 is 0. The summed E-state index contributed by atoms with van der Waals surface area (Å²) in [5, 5.41) is 12.7. The van der Waals surface area contributed by atoms with E-state index >= 15 is 0 Å². The van der Waals surface area contributed by atoms with Crippen molar-refractivity contribution in [3.63, 3.8) is 0 Å². The minimum atomic E-state index is 0.307. The molecule has 0 spiro atoms. The Labute approximate surface area is 127 Å². The first-order chi connectivity index (χ1) is 9.70. The van der Waals surface area contributed by atoms with E-state index in [0.717, 1.165) is 19.5 Å². The van der Waals surface area contributed by atoms with Gasteiger partial charge in [0, 0.05) is 12.6 Å². The molecule has 1 atom stereocenters. The summed E-state index contributed by atoms with van der Waals surface area (Å²) >= 11 is 0. The molecule has 122 valence electrons. The highest BCUT2D eigenvalue weighted by Crippen LogP contribution is 2.11. The minimum Gasteiger partial charge on any atom is -0.396 e. The highest BCUT2D eigenvalue weighted by Gasteiger charge is 2.06. The summed E-state index contributed by atoms with van der Waals surface area (Å²) in [4.78, 5) is 2.22. The molecular weight excluding hydrogens is 248 g/mol. The Kier molecular flexibility index (Phi) is 15.2. The lowest BCUT2D eigenvalue weighted by atomic mass is 10.0. The molecule has 0 bridgehead atoms. The number of nitrogens with zero attached hydrogens (tertiary/aromatic N) is 1. The quantitative estimate of drug-likeness (QED) is 0.453. The summed E-state index contributed by atoms with van der Waals surface area (Å²) in [5.74, 6) is 0. The minimum absolute atomic E-state index is 0.307. The molecule has 0 rings (SSSR count). The number of hydrogen-bond donors (Lipinski definition) is 2. The predicted octanol–water partition coefficient (Wildman–Crippen LogP) is 3.42. The Morgan fingerprint density at radius 2 is 1.55 bits per heavy atom. The van der Waals surface area contributed by atoms with Gasteiger partial charge in [-0.1, -0.05) is 51.9 Å². The maximum Gasteiger partial charge on any atom is 0.0445 e. The number of hydrogen-bond acceptors (Lipinski definition) is 3. The third-order valence-corrected chi connectivity index (χ3v) is 3.85. The highest BCUT2D eigenvalue weighted by molar-refractivity contribution is 4.67. The average Bonchev–Trinajstić information content (AvgIpc) is 2.42. The molecule has 0 amide bonds. The van der Waals surface area contributed by atoms with Crippen molar-refractivity contribution in [2.24, 2.45) is 0 Å². The Hall–Kier alpha value is -0.120. The van der Waals surface area contributed by atoms with Crippen LogP contribution in [-0.2, 0) is 0 Å². The van der Waals surface area contributed by atoms with E-state index in [-0.39, 0.29) is 0 Å². The van der Waals surface area contributed by atoms with Crippen molar-refractivity contribution in [3.8, 4) is 0 Å². The molecule has 0 aromatic carbocycles. The van der Waals surface area contributed by atoms with E-state index < -0.39 is 0 Å². The number of unbranched alkanes of at least 4 members (excludes halogenated alkanes) is 6. The van der Waals surface area contributed by atoms with Gasteiger partial charge < -0.3 is 15.3 Å². The molecule has 20 heavy (non-hydrogen) atoms. The van der Waals surface area contributed by atoms with E-state index in [0.29, 0.717) is 12.6 Å².